The Labute approximate surface area is 185 Å². The van der Waals surface area contributed by atoms with Crippen LogP contribution in [0.5, 0.6) is 5.75 Å². The predicted octanol–water partition coefficient (Wildman–Crippen LogP) is 5.69. The molecule has 0 fully saturated rings. The number of carbonyl (C=O) groups is 1. The van der Waals surface area contributed by atoms with Gasteiger partial charge in [0.2, 0.25) is 5.91 Å². The number of hydrogen-bond donors (Lipinski definition) is 0. The number of halogens is 1. The predicted molar refractivity (Wildman–Crippen MR) is 120 cm³/mol. The second kappa shape index (κ2) is 11.8. The van der Waals surface area contributed by atoms with E-state index in [-0.39, 0.29) is 22.6 Å². The summed E-state index contributed by atoms with van der Waals surface area (Å²) in [7, 11) is -4.07. The van der Waals surface area contributed by atoms with E-state index in [2.05, 4.69) is 6.92 Å². The summed E-state index contributed by atoms with van der Waals surface area (Å²) < 4.78 is 43.2. The van der Waals surface area contributed by atoms with E-state index in [0.717, 1.165) is 49.1 Å². The first-order valence-corrected chi connectivity index (χ1v) is 12.2. The zero-order valence-corrected chi connectivity index (χ0v) is 19.3. The molecule has 0 spiro atoms. The number of rotatable bonds is 12. The van der Waals surface area contributed by atoms with Crippen LogP contribution >= 0.6 is 0 Å². The first-order valence-electron chi connectivity index (χ1n) is 10.8. The summed E-state index contributed by atoms with van der Waals surface area (Å²) in [5, 5.41) is 0. The maximum absolute atomic E-state index is 13.1. The Bertz CT molecular complexity index is 942. The highest BCUT2D eigenvalue weighted by Crippen LogP contribution is 2.22. The van der Waals surface area contributed by atoms with Crippen LogP contribution in [0, 0.1) is 5.82 Å². The molecule has 0 N–H and O–H groups in total. The number of benzene rings is 2. The lowest BCUT2D eigenvalue weighted by Crippen LogP contribution is -2.36. The summed E-state index contributed by atoms with van der Waals surface area (Å²) in [5.74, 6) is -0.279. The van der Waals surface area contributed by atoms with Crippen molar-refractivity contribution >= 4 is 16.0 Å². The summed E-state index contributed by atoms with van der Waals surface area (Å²) in [4.78, 5) is 14.4. The van der Waals surface area contributed by atoms with E-state index >= 15 is 0 Å². The molecule has 0 aliphatic carbocycles. The smallest absolute Gasteiger partial charge is 0.339 e. The number of unbranched alkanes of at least 4 members (excludes halogenated alkanes) is 4. The summed E-state index contributed by atoms with van der Waals surface area (Å²) in [5.41, 5.74) is 0.778. The third kappa shape index (κ3) is 7.98. The molecule has 0 heterocycles. The average molecular weight is 450 g/mol. The zero-order valence-electron chi connectivity index (χ0n) is 18.5. The summed E-state index contributed by atoms with van der Waals surface area (Å²) in [6.07, 6.45) is 5.94. The van der Waals surface area contributed by atoms with Crippen molar-refractivity contribution in [2.45, 2.75) is 76.8 Å². The van der Waals surface area contributed by atoms with Gasteiger partial charge in [-0.1, -0.05) is 44.7 Å². The summed E-state index contributed by atoms with van der Waals surface area (Å²) in [6, 6.07) is 11.2. The molecule has 170 valence electrons. The normalized spacial score (nSPS) is 11.5. The fourth-order valence-electron chi connectivity index (χ4n) is 3.25. The van der Waals surface area contributed by atoms with Crippen molar-refractivity contribution in [1.29, 1.82) is 0 Å². The molecular formula is C24H32FNO4S. The van der Waals surface area contributed by atoms with Crippen LogP contribution in [0.1, 0.15) is 64.9 Å². The van der Waals surface area contributed by atoms with Gasteiger partial charge in [-0.3, -0.25) is 4.79 Å². The fourth-order valence-corrected chi connectivity index (χ4v) is 4.17. The van der Waals surface area contributed by atoms with Gasteiger partial charge in [0.05, 0.1) is 0 Å². The molecule has 5 nitrogen and oxygen atoms in total. The molecule has 2 aromatic rings. The second-order valence-electron chi connectivity index (χ2n) is 7.92. The Morgan fingerprint density at radius 1 is 1.03 bits per heavy atom. The monoisotopic (exact) mass is 449 g/mol. The number of amides is 1. The molecule has 0 unspecified atom stereocenters. The van der Waals surface area contributed by atoms with E-state index in [4.69, 9.17) is 4.18 Å². The first kappa shape index (κ1) is 24.9. The second-order valence-corrected chi connectivity index (χ2v) is 9.46. The topological polar surface area (TPSA) is 63.7 Å². The Hall–Kier alpha value is -2.41. The minimum absolute atomic E-state index is 0.0238. The maximum Gasteiger partial charge on any atom is 0.339 e. The zero-order chi connectivity index (χ0) is 22.9. The van der Waals surface area contributed by atoms with E-state index in [0.29, 0.717) is 13.0 Å². The molecule has 2 aromatic carbocycles. The van der Waals surface area contributed by atoms with Gasteiger partial charge in [-0.2, -0.15) is 8.42 Å². The Balaban J connectivity index is 2.05. The number of hydrogen-bond acceptors (Lipinski definition) is 4. The van der Waals surface area contributed by atoms with E-state index in [9.17, 15) is 17.6 Å². The van der Waals surface area contributed by atoms with Gasteiger partial charge in [-0.15, -0.1) is 0 Å². The number of carbonyl (C=O) groups excluding carboxylic acids is 1. The van der Waals surface area contributed by atoms with Crippen LogP contribution in [0.3, 0.4) is 0 Å². The van der Waals surface area contributed by atoms with Crippen LogP contribution in [0.2, 0.25) is 0 Å². The van der Waals surface area contributed by atoms with Crippen molar-refractivity contribution in [2.24, 2.45) is 0 Å². The molecule has 0 saturated heterocycles. The standard InChI is InChI=1S/C24H32FNO4S/c1-4-5-6-7-8-12-24(27)26(19(2)3)18-20-10-9-11-22(17-20)30-31(28,29)23-15-13-21(25)14-16-23/h9-11,13-17,19H,4-8,12,18H2,1-3H3. The maximum atomic E-state index is 13.1. The molecule has 0 radical (unpaired) electrons. The SMILES string of the molecule is CCCCCCCC(=O)N(Cc1cccc(OS(=O)(=O)c2ccc(F)cc2)c1)C(C)C. The van der Waals surface area contributed by atoms with Crippen LogP contribution in [-0.2, 0) is 21.5 Å². The molecule has 0 aromatic heterocycles. The lowest BCUT2D eigenvalue weighted by molar-refractivity contribution is -0.133. The van der Waals surface area contributed by atoms with Crippen LogP contribution in [0.4, 0.5) is 4.39 Å². The first-order chi connectivity index (χ1) is 14.7. The highest BCUT2D eigenvalue weighted by Gasteiger charge is 2.19. The molecule has 0 aliphatic rings. The highest BCUT2D eigenvalue weighted by atomic mass is 32.2. The Morgan fingerprint density at radius 2 is 1.71 bits per heavy atom. The summed E-state index contributed by atoms with van der Waals surface area (Å²) >= 11 is 0. The quantitative estimate of drug-likeness (QED) is 0.308. The van der Waals surface area contributed by atoms with Crippen LogP contribution in [0.25, 0.3) is 0 Å². The van der Waals surface area contributed by atoms with Gasteiger partial charge >= 0.3 is 10.1 Å². The molecule has 7 heteroatoms. The fraction of sp³-hybridized carbons (Fsp3) is 0.458. The van der Waals surface area contributed by atoms with E-state index < -0.39 is 15.9 Å². The van der Waals surface area contributed by atoms with Gasteiger partial charge in [-0.05, 0) is 62.2 Å². The number of nitrogens with zero attached hydrogens (tertiary/aromatic N) is 1. The van der Waals surface area contributed by atoms with Crippen molar-refractivity contribution < 1.29 is 21.8 Å². The van der Waals surface area contributed by atoms with Crippen molar-refractivity contribution in [3.8, 4) is 5.75 Å². The van der Waals surface area contributed by atoms with Gasteiger partial charge in [0.1, 0.15) is 16.5 Å². The van der Waals surface area contributed by atoms with Crippen molar-refractivity contribution in [3.05, 3.63) is 59.9 Å². The van der Waals surface area contributed by atoms with Gasteiger partial charge in [0.15, 0.2) is 0 Å². The van der Waals surface area contributed by atoms with Crippen LogP contribution in [0.15, 0.2) is 53.4 Å². The van der Waals surface area contributed by atoms with Gasteiger partial charge in [0.25, 0.3) is 0 Å². The van der Waals surface area contributed by atoms with Crippen molar-refractivity contribution in [2.75, 3.05) is 0 Å². The highest BCUT2D eigenvalue weighted by molar-refractivity contribution is 7.87. The molecular weight excluding hydrogens is 417 g/mol. The third-order valence-corrected chi connectivity index (χ3v) is 6.26. The Morgan fingerprint density at radius 3 is 2.35 bits per heavy atom. The van der Waals surface area contributed by atoms with Gasteiger partial charge < -0.3 is 9.08 Å². The van der Waals surface area contributed by atoms with Gasteiger partial charge in [-0.25, -0.2) is 4.39 Å². The van der Waals surface area contributed by atoms with Crippen LogP contribution in [-0.4, -0.2) is 25.3 Å². The summed E-state index contributed by atoms with van der Waals surface area (Å²) in [6.45, 7) is 6.47. The van der Waals surface area contributed by atoms with Crippen molar-refractivity contribution in [1.82, 2.24) is 4.90 Å². The lowest BCUT2D eigenvalue weighted by Gasteiger charge is -2.27. The largest absolute Gasteiger partial charge is 0.379 e. The minimum Gasteiger partial charge on any atom is -0.379 e. The van der Waals surface area contributed by atoms with Gasteiger partial charge in [0, 0.05) is 19.0 Å². The molecule has 0 saturated carbocycles. The Kier molecular flexibility index (Phi) is 9.49. The molecule has 0 aliphatic heterocycles. The van der Waals surface area contributed by atoms with Crippen molar-refractivity contribution in [3.63, 3.8) is 0 Å². The van der Waals surface area contributed by atoms with E-state index in [1.807, 2.05) is 19.9 Å². The van der Waals surface area contributed by atoms with E-state index in [1.54, 1.807) is 23.1 Å². The molecule has 0 bridgehead atoms. The average Bonchev–Trinajstić information content (AvgIpc) is 2.71. The lowest BCUT2D eigenvalue weighted by atomic mass is 10.1. The molecule has 2 rings (SSSR count). The van der Waals surface area contributed by atoms with E-state index in [1.165, 1.54) is 12.8 Å². The third-order valence-electron chi connectivity index (χ3n) is 5.00. The van der Waals surface area contributed by atoms with Crippen LogP contribution < -0.4 is 4.18 Å². The minimum atomic E-state index is -4.07. The molecule has 1 amide bonds. The molecule has 0 atom stereocenters. The molecule has 31 heavy (non-hydrogen) atoms.